The van der Waals surface area contributed by atoms with E-state index in [-0.39, 0.29) is 17.5 Å². The minimum Gasteiger partial charge on any atom is -0.382 e. The molecule has 3 rings (SSSR count). The third-order valence-corrected chi connectivity index (χ3v) is 5.01. The summed E-state index contributed by atoms with van der Waals surface area (Å²) in [4.78, 5) is 12.2. The molecule has 0 saturated heterocycles. The number of nitrogens with zero attached hydrogens (tertiary/aromatic N) is 3. The lowest BCUT2D eigenvalue weighted by Gasteiger charge is -2.10. The van der Waals surface area contributed by atoms with Gasteiger partial charge in [-0.05, 0) is 36.4 Å². The number of hydrogen-bond acceptors (Lipinski definition) is 6. The number of carbonyl (C=O) groups excluding carboxylic acids is 1. The van der Waals surface area contributed by atoms with Crippen LogP contribution >= 0.6 is 11.8 Å². The van der Waals surface area contributed by atoms with Crippen LogP contribution in [0.2, 0.25) is 0 Å². The van der Waals surface area contributed by atoms with Gasteiger partial charge < -0.3 is 14.8 Å². The van der Waals surface area contributed by atoms with Crippen molar-refractivity contribution in [2.75, 3.05) is 39.2 Å². The Bertz CT molecular complexity index is 935. The molecule has 0 aliphatic heterocycles. The van der Waals surface area contributed by atoms with Gasteiger partial charge in [-0.1, -0.05) is 30.0 Å². The van der Waals surface area contributed by atoms with Crippen molar-refractivity contribution in [2.45, 2.75) is 5.16 Å². The van der Waals surface area contributed by atoms with Crippen LogP contribution in [0.15, 0.2) is 59.8 Å². The highest BCUT2D eigenvalue weighted by Gasteiger charge is 2.17. The monoisotopic (exact) mass is 430 g/mol. The van der Waals surface area contributed by atoms with Crippen LogP contribution in [0.5, 0.6) is 0 Å². The van der Waals surface area contributed by atoms with E-state index in [2.05, 4.69) is 15.5 Å². The number of ether oxygens (including phenoxy) is 2. The van der Waals surface area contributed by atoms with Gasteiger partial charge >= 0.3 is 0 Å². The Balaban J connectivity index is 1.68. The van der Waals surface area contributed by atoms with E-state index in [1.807, 2.05) is 34.9 Å². The van der Waals surface area contributed by atoms with Gasteiger partial charge in [0.2, 0.25) is 5.91 Å². The number of thioether (sulfide) groups is 1. The molecule has 1 heterocycles. The Hall–Kier alpha value is -2.75. The fourth-order valence-corrected chi connectivity index (χ4v) is 3.43. The number of para-hydroxylation sites is 1. The minimum atomic E-state index is -0.318. The molecule has 158 valence electrons. The zero-order valence-corrected chi connectivity index (χ0v) is 17.4. The second-order valence-electron chi connectivity index (χ2n) is 6.23. The van der Waals surface area contributed by atoms with Crippen molar-refractivity contribution in [2.24, 2.45) is 0 Å². The standard InChI is InChI=1S/C21H23FN4O3S/c1-28-13-14-29-12-11-23-19(27)15-30-21-25-24-20(16-7-9-17(22)10-8-16)26(21)18-5-3-2-4-6-18/h2-10H,11-15H2,1H3,(H,23,27). The number of rotatable bonds is 11. The Labute approximate surface area is 178 Å². The molecule has 1 amide bonds. The molecule has 0 aliphatic carbocycles. The summed E-state index contributed by atoms with van der Waals surface area (Å²) in [5, 5.41) is 11.9. The van der Waals surface area contributed by atoms with Gasteiger partial charge in [-0.25, -0.2) is 4.39 Å². The van der Waals surface area contributed by atoms with Crippen LogP contribution < -0.4 is 5.32 Å². The molecule has 0 bridgehead atoms. The Morgan fingerprint density at radius 2 is 1.83 bits per heavy atom. The maximum absolute atomic E-state index is 13.3. The lowest BCUT2D eigenvalue weighted by molar-refractivity contribution is -0.118. The molecule has 0 unspecified atom stereocenters. The average Bonchev–Trinajstić information content (AvgIpc) is 3.20. The van der Waals surface area contributed by atoms with Crippen molar-refractivity contribution < 1.29 is 18.7 Å². The fourth-order valence-electron chi connectivity index (χ4n) is 2.65. The van der Waals surface area contributed by atoms with Crippen LogP contribution in [0.25, 0.3) is 17.1 Å². The highest BCUT2D eigenvalue weighted by Crippen LogP contribution is 2.27. The summed E-state index contributed by atoms with van der Waals surface area (Å²) in [5.41, 5.74) is 1.59. The molecular weight excluding hydrogens is 407 g/mol. The summed E-state index contributed by atoms with van der Waals surface area (Å²) in [5.74, 6) is 0.325. The summed E-state index contributed by atoms with van der Waals surface area (Å²) in [6, 6.07) is 15.7. The maximum Gasteiger partial charge on any atom is 0.230 e. The second kappa shape index (κ2) is 11.4. The number of nitrogens with one attached hydrogen (secondary N) is 1. The van der Waals surface area contributed by atoms with E-state index in [1.54, 1.807) is 19.2 Å². The van der Waals surface area contributed by atoms with Crippen LogP contribution in [-0.2, 0) is 14.3 Å². The van der Waals surface area contributed by atoms with Crippen LogP contribution in [0.3, 0.4) is 0 Å². The third kappa shape index (κ3) is 6.12. The molecule has 3 aromatic rings. The van der Waals surface area contributed by atoms with Crippen molar-refractivity contribution in [1.82, 2.24) is 20.1 Å². The third-order valence-electron chi connectivity index (χ3n) is 4.08. The summed E-state index contributed by atoms with van der Waals surface area (Å²) in [6.07, 6.45) is 0. The molecule has 1 aromatic heterocycles. The zero-order chi connectivity index (χ0) is 21.2. The zero-order valence-electron chi connectivity index (χ0n) is 16.6. The molecule has 30 heavy (non-hydrogen) atoms. The molecule has 2 aromatic carbocycles. The van der Waals surface area contributed by atoms with E-state index in [9.17, 15) is 9.18 Å². The van der Waals surface area contributed by atoms with Gasteiger partial charge in [0, 0.05) is 24.9 Å². The molecule has 0 radical (unpaired) electrons. The van der Waals surface area contributed by atoms with Gasteiger partial charge in [-0.15, -0.1) is 10.2 Å². The van der Waals surface area contributed by atoms with Crippen molar-refractivity contribution in [3.63, 3.8) is 0 Å². The first-order valence-electron chi connectivity index (χ1n) is 9.42. The van der Waals surface area contributed by atoms with E-state index in [0.29, 0.717) is 37.3 Å². The Kier molecular flexibility index (Phi) is 8.37. The molecule has 0 spiro atoms. The van der Waals surface area contributed by atoms with Gasteiger partial charge in [0.25, 0.3) is 0 Å². The SMILES string of the molecule is COCCOCCNC(=O)CSc1nnc(-c2ccc(F)cc2)n1-c1ccccc1. The average molecular weight is 431 g/mol. The summed E-state index contributed by atoms with van der Waals surface area (Å²) in [6.45, 7) is 1.87. The van der Waals surface area contributed by atoms with Crippen molar-refractivity contribution in [3.8, 4) is 17.1 Å². The Morgan fingerprint density at radius 1 is 1.07 bits per heavy atom. The topological polar surface area (TPSA) is 78.3 Å². The lowest BCUT2D eigenvalue weighted by Crippen LogP contribution is -2.29. The molecule has 0 saturated carbocycles. The highest BCUT2D eigenvalue weighted by molar-refractivity contribution is 7.99. The number of aromatic nitrogens is 3. The van der Waals surface area contributed by atoms with E-state index in [4.69, 9.17) is 9.47 Å². The first kappa shape index (κ1) is 21.9. The van der Waals surface area contributed by atoms with E-state index >= 15 is 0 Å². The molecule has 0 aliphatic rings. The number of hydrogen-bond donors (Lipinski definition) is 1. The largest absolute Gasteiger partial charge is 0.382 e. The van der Waals surface area contributed by atoms with Crippen LogP contribution in [-0.4, -0.2) is 59.9 Å². The smallest absolute Gasteiger partial charge is 0.230 e. The first-order valence-corrected chi connectivity index (χ1v) is 10.4. The number of amides is 1. The van der Waals surface area contributed by atoms with Crippen molar-refractivity contribution >= 4 is 17.7 Å². The van der Waals surface area contributed by atoms with E-state index in [1.165, 1.54) is 23.9 Å². The molecule has 9 heteroatoms. The summed E-state index contributed by atoms with van der Waals surface area (Å²) < 4.78 is 25.4. The number of carbonyl (C=O) groups is 1. The quantitative estimate of drug-likeness (QED) is 0.372. The van der Waals surface area contributed by atoms with Gasteiger partial charge in [-0.3, -0.25) is 9.36 Å². The lowest BCUT2D eigenvalue weighted by atomic mass is 10.2. The minimum absolute atomic E-state index is 0.124. The molecular formula is C21H23FN4O3S. The van der Waals surface area contributed by atoms with Gasteiger partial charge in [-0.2, -0.15) is 0 Å². The second-order valence-corrected chi connectivity index (χ2v) is 7.17. The Morgan fingerprint density at radius 3 is 2.57 bits per heavy atom. The number of halogens is 1. The van der Waals surface area contributed by atoms with Crippen molar-refractivity contribution in [1.29, 1.82) is 0 Å². The molecule has 0 fully saturated rings. The van der Waals surface area contributed by atoms with Crippen LogP contribution in [0.1, 0.15) is 0 Å². The highest BCUT2D eigenvalue weighted by atomic mass is 32.2. The predicted octanol–water partition coefficient (Wildman–Crippen LogP) is 2.94. The normalized spacial score (nSPS) is 10.9. The van der Waals surface area contributed by atoms with Gasteiger partial charge in [0.1, 0.15) is 5.82 Å². The van der Waals surface area contributed by atoms with Gasteiger partial charge in [0.15, 0.2) is 11.0 Å². The van der Waals surface area contributed by atoms with E-state index < -0.39 is 0 Å². The number of methoxy groups -OCH3 is 1. The summed E-state index contributed by atoms with van der Waals surface area (Å²) in [7, 11) is 1.61. The summed E-state index contributed by atoms with van der Waals surface area (Å²) >= 11 is 1.28. The van der Waals surface area contributed by atoms with E-state index in [0.717, 1.165) is 11.3 Å². The van der Waals surface area contributed by atoms with Crippen LogP contribution in [0, 0.1) is 5.82 Å². The fraction of sp³-hybridized carbons (Fsp3) is 0.286. The van der Waals surface area contributed by atoms with Crippen LogP contribution in [0.4, 0.5) is 4.39 Å². The predicted molar refractivity (Wildman–Crippen MR) is 113 cm³/mol. The van der Waals surface area contributed by atoms with Gasteiger partial charge in [0.05, 0.1) is 25.6 Å². The first-order chi connectivity index (χ1) is 14.7. The molecule has 0 atom stereocenters. The molecule has 1 N–H and O–H groups in total. The molecule has 7 nitrogen and oxygen atoms in total. The van der Waals surface area contributed by atoms with Crippen molar-refractivity contribution in [3.05, 3.63) is 60.4 Å². The maximum atomic E-state index is 13.3. The number of benzene rings is 2.